The molecule has 0 spiro atoms. The molecule has 202 valence electrons. The van der Waals surface area contributed by atoms with Crippen molar-refractivity contribution in [1.29, 1.82) is 0 Å². The number of nitrogens with zero attached hydrogens (tertiary/aromatic N) is 4. The van der Waals surface area contributed by atoms with Crippen LogP contribution in [0.1, 0.15) is 50.1 Å². The molecule has 0 aliphatic heterocycles. The number of halogens is 2. The molecule has 0 bridgehead atoms. The van der Waals surface area contributed by atoms with Crippen molar-refractivity contribution in [2.45, 2.75) is 39.7 Å². The summed E-state index contributed by atoms with van der Waals surface area (Å²) >= 11 is 3.39. The second kappa shape index (κ2) is 12.2. The Morgan fingerprint density at radius 1 is 1.18 bits per heavy atom. The molecule has 9 nitrogen and oxygen atoms in total. The van der Waals surface area contributed by atoms with Crippen LogP contribution in [0.5, 0.6) is 11.5 Å². The van der Waals surface area contributed by atoms with Crippen LogP contribution in [0.25, 0.3) is 10.9 Å². The van der Waals surface area contributed by atoms with E-state index in [1.807, 2.05) is 19.9 Å². The van der Waals surface area contributed by atoms with Gasteiger partial charge in [0.2, 0.25) is 5.75 Å². The van der Waals surface area contributed by atoms with Crippen LogP contribution < -0.4 is 15.0 Å². The standard InChI is InChI=1S/C28H26BrFN4O5/c1-4-17(3)27-32-23-10-9-20(29)14-22(23)28(35)33(27)31-15-19-12-24(34(36)37)26(25(13-19)38-5-2)39-16-18-7-6-8-21(30)11-18/h6-15,17H,4-5,16H2,1-3H3/t17-/m1/s1. The molecule has 0 saturated carbocycles. The van der Waals surface area contributed by atoms with Crippen LogP contribution in [-0.4, -0.2) is 27.4 Å². The van der Waals surface area contributed by atoms with Gasteiger partial charge in [-0.1, -0.05) is 41.9 Å². The van der Waals surface area contributed by atoms with Gasteiger partial charge in [0.1, 0.15) is 18.2 Å². The Kier molecular flexibility index (Phi) is 8.70. The maximum atomic E-state index is 13.6. The van der Waals surface area contributed by atoms with E-state index >= 15 is 0 Å². The van der Waals surface area contributed by atoms with Crippen LogP contribution in [-0.2, 0) is 6.61 Å². The van der Waals surface area contributed by atoms with Crippen molar-refractivity contribution in [3.63, 3.8) is 0 Å². The molecule has 0 N–H and O–H groups in total. The molecule has 0 unspecified atom stereocenters. The highest BCUT2D eigenvalue weighted by atomic mass is 79.9. The van der Waals surface area contributed by atoms with Crippen LogP contribution in [0, 0.1) is 15.9 Å². The largest absolute Gasteiger partial charge is 0.490 e. The van der Waals surface area contributed by atoms with Crippen molar-refractivity contribution in [3.05, 3.63) is 102 Å². The van der Waals surface area contributed by atoms with Gasteiger partial charge in [-0.25, -0.2) is 9.37 Å². The molecule has 0 saturated heterocycles. The van der Waals surface area contributed by atoms with Gasteiger partial charge >= 0.3 is 5.69 Å². The molecule has 0 amide bonds. The van der Waals surface area contributed by atoms with E-state index in [0.29, 0.717) is 27.9 Å². The quantitative estimate of drug-likeness (QED) is 0.116. The topological polar surface area (TPSA) is 109 Å². The lowest BCUT2D eigenvalue weighted by Crippen LogP contribution is -2.23. The van der Waals surface area contributed by atoms with E-state index < -0.39 is 10.7 Å². The van der Waals surface area contributed by atoms with Crippen molar-refractivity contribution in [2.75, 3.05) is 6.61 Å². The number of hydrogen-bond donors (Lipinski definition) is 0. The lowest BCUT2D eigenvalue weighted by Gasteiger charge is -2.14. The minimum atomic E-state index is -0.591. The van der Waals surface area contributed by atoms with Gasteiger partial charge in [-0.3, -0.25) is 14.9 Å². The fourth-order valence-corrected chi connectivity index (χ4v) is 4.27. The zero-order chi connectivity index (χ0) is 28.1. The number of benzene rings is 3. The first kappa shape index (κ1) is 27.9. The number of nitro groups is 1. The molecule has 1 heterocycles. The molecular weight excluding hydrogens is 571 g/mol. The van der Waals surface area contributed by atoms with E-state index in [0.717, 1.165) is 10.9 Å². The second-order valence-corrected chi connectivity index (χ2v) is 9.69. The van der Waals surface area contributed by atoms with Crippen LogP contribution in [0.2, 0.25) is 0 Å². The van der Waals surface area contributed by atoms with Gasteiger partial charge in [0.25, 0.3) is 5.56 Å². The number of fused-ring (bicyclic) bond motifs is 1. The van der Waals surface area contributed by atoms with E-state index in [-0.39, 0.29) is 41.9 Å². The van der Waals surface area contributed by atoms with Gasteiger partial charge in [0.15, 0.2) is 5.75 Å². The molecule has 1 atom stereocenters. The van der Waals surface area contributed by atoms with Gasteiger partial charge < -0.3 is 9.47 Å². The first-order valence-electron chi connectivity index (χ1n) is 12.3. The molecule has 0 radical (unpaired) electrons. The average molecular weight is 597 g/mol. The zero-order valence-electron chi connectivity index (χ0n) is 21.6. The van der Waals surface area contributed by atoms with Crippen LogP contribution >= 0.6 is 15.9 Å². The van der Waals surface area contributed by atoms with Crippen molar-refractivity contribution in [1.82, 2.24) is 9.66 Å². The summed E-state index contributed by atoms with van der Waals surface area (Å²) in [6.45, 7) is 5.78. The molecule has 3 aromatic carbocycles. The number of hydrogen-bond acceptors (Lipinski definition) is 7. The first-order chi connectivity index (χ1) is 18.7. The Morgan fingerprint density at radius 3 is 2.67 bits per heavy atom. The highest BCUT2D eigenvalue weighted by Crippen LogP contribution is 2.39. The highest BCUT2D eigenvalue weighted by Gasteiger charge is 2.23. The third-order valence-corrected chi connectivity index (χ3v) is 6.53. The Morgan fingerprint density at radius 2 is 1.97 bits per heavy atom. The van der Waals surface area contributed by atoms with Crippen molar-refractivity contribution in [2.24, 2.45) is 5.10 Å². The third kappa shape index (κ3) is 6.31. The summed E-state index contributed by atoms with van der Waals surface area (Å²) in [7, 11) is 0. The van der Waals surface area contributed by atoms with Crippen LogP contribution in [0.15, 0.2) is 69.0 Å². The minimum absolute atomic E-state index is 0.0742. The number of ether oxygens (including phenoxy) is 2. The lowest BCUT2D eigenvalue weighted by atomic mass is 10.1. The SMILES string of the molecule is CCOc1cc(C=Nn2c([C@H](C)CC)nc3ccc(Br)cc3c2=O)cc([N+](=O)[O-])c1OCc1cccc(F)c1. The minimum Gasteiger partial charge on any atom is -0.490 e. The summed E-state index contributed by atoms with van der Waals surface area (Å²) in [4.78, 5) is 29.5. The summed E-state index contributed by atoms with van der Waals surface area (Å²) in [6, 6.07) is 13.9. The predicted octanol–water partition coefficient (Wildman–Crippen LogP) is 6.58. The van der Waals surface area contributed by atoms with Crippen molar-refractivity contribution >= 4 is 38.7 Å². The van der Waals surface area contributed by atoms with E-state index in [4.69, 9.17) is 9.47 Å². The molecule has 1 aromatic heterocycles. The maximum Gasteiger partial charge on any atom is 0.315 e. The average Bonchev–Trinajstić information content (AvgIpc) is 2.91. The molecule has 11 heteroatoms. The maximum absolute atomic E-state index is 13.6. The first-order valence-corrected chi connectivity index (χ1v) is 13.1. The number of rotatable bonds is 10. The van der Waals surface area contributed by atoms with Gasteiger partial charge in [-0.05, 0) is 55.3 Å². The fraction of sp³-hybridized carbons (Fsp3) is 0.250. The lowest BCUT2D eigenvalue weighted by molar-refractivity contribution is -0.386. The summed E-state index contributed by atoms with van der Waals surface area (Å²) in [5, 5.41) is 16.8. The molecule has 39 heavy (non-hydrogen) atoms. The Balaban J connectivity index is 1.79. The van der Waals surface area contributed by atoms with Gasteiger partial charge in [-0.15, -0.1) is 0 Å². The summed E-state index contributed by atoms with van der Waals surface area (Å²) in [6.07, 6.45) is 2.08. The van der Waals surface area contributed by atoms with Crippen LogP contribution in [0.3, 0.4) is 0 Å². The second-order valence-electron chi connectivity index (χ2n) is 8.78. The molecule has 0 fully saturated rings. The Hall–Kier alpha value is -4.12. The summed E-state index contributed by atoms with van der Waals surface area (Å²) in [5.41, 5.74) is 0.666. The smallest absolute Gasteiger partial charge is 0.315 e. The number of aromatic nitrogens is 2. The van der Waals surface area contributed by atoms with Crippen LogP contribution in [0.4, 0.5) is 10.1 Å². The fourth-order valence-electron chi connectivity index (χ4n) is 3.91. The predicted molar refractivity (Wildman–Crippen MR) is 150 cm³/mol. The molecule has 0 aliphatic rings. The highest BCUT2D eigenvalue weighted by molar-refractivity contribution is 9.10. The summed E-state index contributed by atoms with van der Waals surface area (Å²) < 4.78 is 26.9. The monoisotopic (exact) mass is 596 g/mol. The summed E-state index contributed by atoms with van der Waals surface area (Å²) in [5.74, 6) is 0.000242. The molecule has 0 aliphatic carbocycles. The van der Waals surface area contributed by atoms with E-state index in [1.165, 1.54) is 35.2 Å². The normalized spacial score (nSPS) is 12.1. The third-order valence-electron chi connectivity index (χ3n) is 6.04. The van der Waals surface area contributed by atoms with E-state index in [2.05, 4.69) is 26.0 Å². The molecule has 4 aromatic rings. The molecular formula is C28H26BrFN4O5. The Labute approximate surface area is 232 Å². The number of nitro benzene ring substituents is 1. The zero-order valence-corrected chi connectivity index (χ0v) is 23.1. The Bertz CT molecular complexity index is 1620. The van der Waals surface area contributed by atoms with E-state index in [9.17, 15) is 19.3 Å². The van der Waals surface area contributed by atoms with Gasteiger partial charge in [-0.2, -0.15) is 9.78 Å². The van der Waals surface area contributed by atoms with Crippen molar-refractivity contribution < 1.29 is 18.8 Å². The van der Waals surface area contributed by atoms with E-state index in [1.54, 1.807) is 31.2 Å². The van der Waals surface area contributed by atoms with Gasteiger partial charge in [0.05, 0.1) is 28.6 Å². The van der Waals surface area contributed by atoms with Crippen molar-refractivity contribution in [3.8, 4) is 11.5 Å². The molecule has 4 rings (SSSR count). The van der Waals surface area contributed by atoms with Gasteiger partial charge in [0, 0.05) is 22.0 Å².